The third kappa shape index (κ3) is 3.58. The van der Waals surface area contributed by atoms with Crippen molar-refractivity contribution >= 4 is 20.9 Å². The average molecular weight is 383 g/mol. The number of primary sulfonamides is 1. The van der Waals surface area contributed by atoms with Gasteiger partial charge in [-0.1, -0.05) is 18.2 Å². The maximum Gasteiger partial charge on any atom is 0.407 e. The van der Waals surface area contributed by atoms with E-state index in [4.69, 9.17) is 5.14 Å². The Morgan fingerprint density at radius 1 is 1.19 bits per heavy atom. The van der Waals surface area contributed by atoms with Gasteiger partial charge < -0.3 is 4.57 Å². The summed E-state index contributed by atoms with van der Waals surface area (Å²) in [7, 11) is -2.94. The lowest BCUT2D eigenvalue weighted by Gasteiger charge is -2.18. The van der Waals surface area contributed by atoms with Crippen LogP contribution in [0, 0.1) is 0 Å². The SMILES string of the molecule is Cn1c(-c2cncc(CC(C(F)(F)F)S(N)(=O)=O)c2)cc2ccccc21. The number of pyridine rings is 1. The number of hydrogen-bond donors (Lipinski definition) is 1. The summed E-state index contributed by atoms with van der Waals surface area (Å²) in [6.45, 7) is 0. The zero-order valence-corrected chi connectivity index (χ0v) is 14.6. The van der Waals surface area contributed by atoms with Crippen LogP contribution >= 0.6 is 0 Å². The first kappa shape index (κ1) is 18.4. The molecule has 0 saturated heterocycles. The normalized spacial score (nSPS) is 13.9. The minimum Gasteiger partial charge on any atom is -0.344 e. The Morgan fingerprint density at radius 2 is 1.88 bits per heavy atom. The molecule has 1 unspecified atom stereocenters. The molecule has 0 bridgehead atoms. The van der Waals surface area contributed by atoms with Gasteiger partial charge >= 0.3 is 6.18 Å². The fraction of sp³-hybridized carbons (Fsp3) is 0.235. The van der Waals surface area contributed by atoms with Gasteiger partial charge in [0.1, 0.15) is 0 Å². The minimum absolute atomic E-state index is 0.143. The van der Waals surface area contributed by atoms with E-state index in [1.54, 1.807) is 0 Å². The first-order valence-corrected chi connectivity index (χ1v) is 9.25. The predicted molar refractivity (Wildman–Crippen MR) is 92.8 cm³/mol. The lowest BCUT2D eigenvalue weighted by Crippen LogP contribution is -2.42. The van der Waals surface area contributed by atoms with Gasteiger partial charge in [0.05, 0.1) is 5.69 Å². The highest BCUT2D eigenvalue weighted by atomic mass is 32.2. The molecule has 2 aromatic heterocycles. The summed E-state index contributed by atoms with van der Waals surface area (Å²) in [6, 6.07) is 11.0. The van der Waals surface area contributed by atoms with E-state index >= 15 is 0 Å². The van der Waals surface area contributed by atoms with Crippen LogP contribution in [-0.4, -0.2) is 29.4 Å². The van der Waals surface area contributed by atoms with Crippen LogP contribution in [0.1, 0.15) is 5.56 Å². The van der Waals surface area contributed by atoms with Crippen LogP contribution in [0.25, 0.3) is 22.2 Å². The van der Waals surface area contributed by atoms with E-state index in [1.807, 2.05) is 41.9 Å². The van der Waals surface area contributed by atoms with Crippen LogP contribution in [0.15, 0.2) is 48.8 Å². The molecule has 0 amide bonds. The van der Waals surface area contributed by atoms with Crippen molar-refractivity contribution in [3.05, 3.63) is 54.4 Å². The maximum atomic E-state index is 13.0. The van der Waals surface area contributed by atoms with Crippen molar-refractivity contribution in [1.29, 1.82) is 0 Å². The molecule has 1 atom stereocenters. The molecule has 2 heterocycles. The fourth-order valence-corrected chi connectivity index (χ4v) is 3.73. The second-order valence-electron chi connectivity index (χ2n) is 6.05. The number of alkyl halides is 3. The molecule has 0 saturated carbocycles. The zero-order chi connectivity index (χ0) is 19.1. The Balaban J connectivity index is 2.01. The summed E-state index contributed by atoms with van der Waals surface area (Å²) in [6.07, 6.45) is -3.00. The van der Waals surface area contributed by atoms with E-state index in [0.29, 0.717) is 5.56 Å². The summed E-state index contributed by atoms with van der Waals surface area (Å²) >= 11 is 0. The van der Waals surface area contributed by atoms with Crippen LogP contribution < -0.4 is 5.14 Å². The third-order valence-corrected chi connectivity index (χ3v) is 5.45. The largest absolute Gasteiger partial charge is 0.407 e. The Hall–Kier alpha value is -2.39. The Kier molecular flexibility index (Phi) is 4.53. The first-order valence-electron chi connectivity index (χ1n) is 7.64. The van der Waals surface area contributed by atoms with Gasteiger partial charge in [-0.3, -0.25) is 4.98 Å². The lowest BCUT2D eigenvalue weighted by molar-refractivity contribution is -0.130. The van der Waals surface area contributed by atoms with E-state index in [1.165, 1.54) is 18.5 Å². The molecule has 0 aliphatic heterocycles. The number of aromatic nitrogens is 2. The summed E-state index contributed by atoms with van der Waals surface area (Å²) in [4.78, 5) is 3.97. The van der Waals surface area contributed by atoms with E-state index in [9.17, 15) is 21.6 Å². The summed E-state index contributed by atoms with van der Waals surface area (Å²) < 4.78 is 63.7. The summed E-state index contributed by atoms with van der Waals surface area (Å²) in [5.41, 5.74) is 2.46. The molecule has 2 N–H and O–H groups in total. The van der Waals surface area contributed by atoms with E-state index < -0.39 is 27.9 Å². The van der Waals surface area contributed by atoms with Crippen molar-refractivity contribution in [1.82, 2.24) is 9.55 Å². The average Bonchev–Trinajstić information content (AvgIpc) is 2.88. The number of sulfonamides is 1. The molecule has 26 heavy (non-hydrogen) atoms. The number of nitrogens with two attached hydrogens (primary N) is 1. The van der Waals surface area contributed by atoms with Gasteiger partial charge in [0.15, 0.2) is 5.25 Å². The predicted octanol–water partition coefficient (Wildman–Crippen LogP) is 3.00. The quantitative estimate of drug-likeness (QED) is 0.752. The molecule has 0 aliphatic rings. The van der Waals surface area contributed by atoms with E-state index in [0.717, 1.165) is 16.6 Å². The monoisotopic (exact) mass is 383 g/mol. The summed E-state index contributed by atoms with van der Waals surface area (Å²) in [5, 5.41) is 3.08. The van der Waals surface area contributed by atoms with Crippen LogP contribution in [-0.2, 0) is 23.5 Å². The number of halogens is 3. The van der Waals surface area contributed by atoms with Crippen molar-refractivity contribution in [3.63, 3.8) is 0 Å². The number of benzene rings is 1. The Morgan fingerprint density at radius 3 is 2.50 bits per heavy atom. The van der Waals surface area contributed by atoms with Crippen molar-refractivity contribution < 1.29 is 21.6 Å². The number of fused-ring (bicyclic) bond motifs is 1. The number of nitrogens with zero attached hydrogens (tertiary/aromatic N) is 2. The van der Waals surface area contributed by atoms with Crippen molar-refractivity contribution in [2.24, 2.45) is 12.2 Å². The van der Waals surface area contributed by atoms with Crippen LogP contribution in [0.5, 0.6) is 0 Å². The Labute approximate surface area is 148 Å². The number of rotatable bonds is 4. The van der Waals surface area contributed by atoms with Gasteiger partial charge in [-0.05, 0) is 23.8 Å². The van der Waals surface area contributed by atoms with Gasteiger partial charge in [-0.2, -0.15) is 13.2 Å². The molecule has 3 aromatic rings. The van der Waals surface area contributed by atoms with Crippen molar-refractivity contribution in [3.8, 4) is 11.3 Å². The fourth-order valence-electron chi connectivity index (χ4n) is 2.94. The van der Waals surface area contributed by atoms with Crippen LogP contribution in [0.2, 0.25) is 0 Å². The molecule has 9 heteroatoms. The van der Waals surface area contributed by atoms with E-state index in [-0.39, 0.29) is 5.56 Å². The first-order chi connectivity index (χ1) is 12.1. The summed E-state index contributed by atoms with van der Waals surface area (Å²) in [5.74, 6) is 0. The molecular weight excluding hydrogens is 367 g/mol. The highest BCUT2D eigenvalue weighted by molar-refractivity contribution is 7.89. The van der Waals surface area contributed by atoms with Crippen LogP contribution in [0.4, 0.5) is 13.2 Å². The van der Waals surface area contributed by atoms with Crippen LogP contribution in [0.3, 0.4) is 0 Å². The number of para-hydroxylation sites is 1. The molecule has 3 rings (SSSR count). The Bertz CT molecular complexity index is 1060. The standard InChI is InChI=1S/C17H16F3N3O2S/c1-23-14-5-3-2-4-12(14)8-15(23)13-6-11(9-22-10-13)7-16(17(18,19)20)26(21,24)25/h2-6,8-10,16H,7H2,1H3,(H2,21,24,25). The second kappa shape index (κ2) is 6.40. The van der Waals surface area contributed by atoms with Crippen molar-refractivity contribution in [2.45, 2.75) is 17.8 Å². The van der Waals surface area contributed by atoms with Gasteiger partial charge in [0, 0.05) is 42.3 Å². The lowest BCUT2D eigenvalue weighted by atomic mass is 10.1. The van der Waals surface area contributed by atoms with E-state index in [2.05, 4.69) is 4.98 Å². The molecule has 5 nitrogen and oxygen atoms in total. The molecule has 0 spiro atoms. The van der Waals surface area contributed by atoms with Gasteiger partial charge in [-0.25, -0.2) is 13.6 Å². The zero-order valence-electron chi connectivity index (χ0n) is 13.7. The molecule has 1 aromatic carbocycles. The number of hydrogen-bond acceptors (Lipinski definition) is 3. The topological polar surface area (TPSA) is 78.0 Å². The third-order valence-electron chi connectivity index (χ3n) is 4.23. The molecule has 0 radical (unpaired) electrons. The van der Waals surface area contributed by atoms with Gasteiger partial charge in [-0.15, -0.1) is 0 Å². The second-order valence-corrected chi connectivity index (χ2v) is 7.80. The molecule has 0 fully saturated rings. The minimum atomic E-state index is -4.96. The van der Waals surface area contributed by atoms with Crippen molar-refractivity contribution in [2.75, 3.05) is 0 Å². The highest BCUT2D eigenvalue weighted by Gasteiger charge is 2.47. The smallest absolute Gasteiger partial charge is 0.344 e. The molecular formula is C17H16F3N3O2S. The molecule has 138 valence electrons. The highest BCUT2D eigenvalue weighted by Crippen LogP contribution is 2.30. The molecule has 0 aliphatic carbocycles. The van der Waals surface area contributed by atoms with Gasteiger partial charge in [0.25, 0.3) is 0 Å². The maximum absolute atomic E-state index is 13.0. The number of aryl methyl sites for hydroxylation is 1. The van der Waals surface area contributed by atoms with Gasteiger partial charge in [0.2, 0.25) is 10.0 Å².